The van der Waals surface area contributed by atoms with Gasteiger partial charge in [-0.2, -0.15) is 0 Å². The third-order valence-electron chi connectivity index (χ3n) is 6.55. The zero-order valence-electron chi connectivity index (χ0n) is 17.6. The van der Waals surface area contributed by atoms with Gasteiger partial charge in [0.05, 0.1) is 17.4 Å². The lowest BCUT2D eigenvalue weighted by Crippen LogP contribution is -2.57. The van der Waals surface area contributed by atoms with Gasteiger partial charge in [-0.15, -0.1) is 0 Å². The molecule has 1 saturated heterocycles. The largest absolute Gasteiger partial charge is 0.354 e. The minimum absolute atomic E-state index is 0.375. The second kappa shape index (κ2) is 7.43. The highest BCUT2D eigenvalue weighted by Crippen LogP contribution is 2.33. The Hall–Kier alpha value is -2.44. The van der Waals surface area contributed by atoms with E-state index in [1.807, 2.05) is 6.20 Å². The molecule has 0 bridgehead atoms. The first-order chi connectivity index (χ1) is 14.1. The molecule has 0 aromatic carbocycles. The van der Waals surface area contributed by atoms with Gasteiger partial charge in [-0.3, -0.25) is 14.3 Å². The molecule has 6 nitrogen and oxygen atoms in total. The van der Waals surface area contributed by atoms with Crippen molar-refractivity contribution in [2.24, 2.45) is 0 Å². The van der Waals surface area contributed by atoms with Gasteiger partial charge in [0.1, 0.15) is 11.5 Å². The fourth-order valence-electron chi connectivity index (χ4n) is 4.73. The van der Waals surface area contributed by atoms with E-state index in [1.54, 1.807) is 0 Å². The van der Waals surface area contributed by atoms with Crippen molar-refractivity contribution in [1.29, 1.82) is 0 Å². The molecule has 4 heterocycles. The fourth-order valence-corrected chi connectivity index (χ4v) is 4.73. The van der Waals surface area contributed by atoms with Gasteiger partial charge in [-0.05, 0) is 64.2 Å². The van der Waals surface area contributed by atoms with E-state index >= 15 is 0 Å². The van der Waals surface area contributed by atoms with Gasteiger partial charge in [-0.1, -0.05) is 12.1 Å². The molecule has 0 N–H and O–H groups in total. The molecule has 1 aliphatic heterocycles. The van der Waals surface area contributed by atoms with E-state index in [2.05, 4.69) is 76.8 Å². The van der Waals surface area contributed by atoms with Crippen LogP contribution in [0.4, 0.5) is 5.82 Å². The zero-order valence-corrected chi connectivity index (χ0v) is 17.6. The number of aromatic nitrogens is 3. The van der Waals surface area contributed by atoms with Crippen molar-refractivity contribution in [2.45, 2.75) is 37.9 Å². The lowest BCUT2D eigenvalue weighted by molar-refractivity contribution is 0.206. The second-order valence-electron chi connectivity index (χ2n) is 8.74. The Kier molecular flexibility index (Phi) is 4.76. The summed E-state index contributed by atoms with van der Waals surface area (Å²) in [6.07, 6.45) is 7.68. The molecular formula is C23H30N6. The van der Waals surface area contributed by atoms with Crippen LogP contribution in [-0.4, -0.2) is 64.4 Å². The Morgan fingerprint density at radius 1 is 1.10 bits per heavy atom. The quantitative estimate of drug-likeness (QED) is 0.670. The van der Waals surface area contributed by atoms with Crippen LogP contribution in [0.3, 0.4) is 0 Å². The van der Waals surface area contributed by atoms with E-state index in [-0.39, 0.29) is 0 Å². The highest BCUT2D eigenvalue weighted by molar-refractivity contribution is 5.54. The number of anilines is 1. The van der Waals surface area contributed by atoms with Crippen LogP contribution in [0.2, 0.25) is 0 Å². The predicted octanol–water partition coefficient (Wildman–Crippen LogP) is 2.99. The van der Waals surface area contributed by atoms with Crippen molar-refractivity contribution in [3.63, 3.8) is 0 Å². The Morgan fingerprint density at radius 2 is 1.97 bits per heavy atom. The maximum absolute atomic E-state index is 4.92. The molecule has 0 amide bonds. The van der Waals surface area contributed by atoms with E-state index in [1.165, 1.54) is 29.9 Å². The van der Waals surface area contributed by atoms with Gasteiger partial charge in [0.2, 0.25) is 0 Å². The monoisotopic (exact) mass is 390 g/mol. The van der Waals surface area contributed by atoms with E-state index in [0.29, 0.717) is 12.1 Å². The molecule has 1 unspecified atom stereocenters. The van der Waals surface area contributed by atoms with Crippen LogP contribution in [0.1, 0.15) is 35.8 Å². The van der Waals surface area contributed by atoms with E-state index in [0.717, 1.165) is 37.4 Å². The molecule has 0 radical (unpaired) electrons. The predicted molar refractivity (Wildman–Crippen MR) is 116 cm³/mol. The smallest absolute Gasteiger partial charge is 0.138 e. The number of hydrogen-bond acceptors (Lipinski definition) is 5. The molecule has 3 aromatic rings. The third kappa shape index (κ3) is 3.40. The molecule has 1 fully saturated rings. The van der Waals surface area contributed by atoms with Crippen LogP contribution in [-0.2, 0) is 13.0 Å². The van der Waals surface area contributed by atoms with Crippen LogP contribution >= 0.6 is 0 Å². The molecule has 29 heavy (non-hydrogen) atoms. The van der Waals surface area contributed by atoms with Crippen LogP contribution < -0.4 is 4.90 Å². The SMILES string of the molecule is CN(C)C1CN(c2cccc3nc(CN(C)C4CCCc5cccnc54)cn23)C1. The van der Waals surface area contributed by atoms with Crippen molar-refractivity contribution < 1.29 is 0 Å². The van der Waals surface area contributed by atoms with Gasteiger partial charge in [0, 0.05) is 38.1 Å². The number of nitrogens with zero attached hydrogens (tertiary/aromatic N) is 6. The fraction of sp³-hybridized carbons (Fsp3) is 0.478. The highest BCUT2D eigenvalue weighted by Gasteiger charge is 2.30. The lowest BCUT2D eigenvalue weighted by Gasteiger charge is -2.44. The minimum Gasteiger partial charge on any atom is -0.354 e. The van der Waals surface area contributed by atoms with Crippen molar-refractivity contribution in [3.05, 3.63) is 59.7 Å². The van der Waals surface area contributed by atoms with Crippen LogP contribution in [0, 0.1) is 0 Å². The summed E-state index contributed by atoms with van der Waals surface area (Å²) in [5, 5.41) is 0. The van der Waals surface area contributed by atoms with Crippen LogP contribution in [0.15, 0.2) is 42.7 Å². The maximum atomic E-state index is 4.92. The van der Waals surface area contributed by atoms with Gasteiger partial charge < -0.3 is 9.80 Å². The summed E-state index contributed by atoms with van der Waals surface area (Å²) in [7, 11) is 6.52. The second-order valence-corrected chi connectivity index (χ2v) is 8.74. The van der Waals surface area contributed by atoms with E-state index < -0.39 is 0 Å². The first-order valence-corrected chi connectivity index (χ1v) is 10.6. The molecule has 6 heteroatoms. The van der Waals surface area contributed by atoms with Gasteiger partial charge >= 0.3 is 0 Å². The Labute approximate surface area is 172 Å². The topological polar surface area (TPSA) is 39.9 Å². The van der Waals surface area contributed by atoms with Gasteiger partial charge in [0.15, 0.2) is 0 Å². The Bertz CT molecular complexity index is 1000. The van der Waals surface area contributed by atoms with Gasteiger partial charge in [0.25, 0.3) is 0 Å². The standard InChI is InChI=1S/C23H30N6/c1-26(2)19-15-28(16-19)22-11-5-10-21-25-18(14-29(21)22)13-27(3)20-9-4-7-17-8-6-12-24-23(17)20/h5-6,8,10-12,14,19-20H,4,7,9,13,15-16H2,1-3H3. The average Bonchev–Trinajstić information content (AvgIpc) is 3.09. The number of fused-ring (bicyclic) bond motifs is 2. The summed E-state index contributed by atoms with van der Waals surface area (Å²) >= 11 is 0. The Morgan fingerprint density at radius 3 is 2.79 bits per heavy atom. The van der Waals surface area contributed by atoms with Crippen molar-refractivity contribution in [3.8, 4) is 0 Å². The van der Waals surface area contributed by atoms with Crippen molar-refractivity contribution in [1.82, 2.24) is 24.2 Å². The van der Waals surface area contributed by atoms with E-state index in [9.17, 15) is 0 Å². The molecule has 3 aromatic heterocycles. The highest BCUT2D eigenvalue weighted by atomic mass is 15.3. The number of pyridine rings is 2. The molecule has 0 saturated carbocycles. The molecule has 1 atom stereocenters. The molecule has 5 rings (SSSR count). The van der Waals surface area contributed by atoms with Crippen LogP contribution in [0.5, 0.6) is 0 Å². The average molecular weight is 391 g/mol. The number of likely N-dealkylation sites (N-methyl/N-ethyl adjacent to an activating group) is 1. The summed E-state index contributed by atoms with van der Waals surface area (Å²) in [5.74, 6) is 1.24. The summed E-state index contributed by atoms with van der Waals surface area (Å²) in [5.41, 5.74) is 4.80. The molecular weight excluding hydrogens is 360 g/mol. The summed E-state index contributed by atoms with van der Waals surface area (Å²) < 4.78 is 2.25. The van der Waals surface area contributed by atoms with Gasteiger partial charge in [-0.25, -0.2) is 4.98 Å². The van der Waals surface area contributed by atoms with E-state index in [4.69, 9.17) is 9.97 Å². The zero-order chi connectivity index (χ0) is 20.0. The van der Waals surface area contributed by atoms with Crippen LogP contribution in [0.25, 0.3) is 5.65 Å². The number of aryl methyl sites for hydroxylation is 1. The molecule has 0 spiro atoms. The maximum Gasteiger partial charge on any atom is 0.138 e. The lowest BCUT2D eigenvalue weighted by atomic mass is 9.91. The summed E-state index contributed by atoms with van der Waals surface area (Å²) in [6, 6.07) is 11.7. The minimum atomic E-state index is 0.375. The first-order valence-electron chi connectivity index (χ1n) is 10.6. The van der Waals surface area contributed by atoms with Crippen molar-refractivity contribution >= 4 is 11.5 Å². The van der Waals surface area contributed by atoms with Crippen molar-refractivity contribution in [2.75, 3.05) is 39.1 Å². The first kappa shape index (κ1) is 18.6. The summed E-state index contributed by atoms with van der Waals surface area (Å²) in [6.45, 7) is 2.98. The Balaban J connectivity index is 1.36. The number of imidazole rings is 1. The number of hydrogen-bond donors (Lipinski definition) is 0. The molecule has 2 aliphatic rings. The summed E-state index contributed by atoms with van der Waals surface area (Å²) in [4.78, 5) is 16.8. The normalized spacial score (nSPS) is 19.8. The third-order valence-corrected chi connectivity index (χ3v) is 6.55. The molecule has 152 valence electrons. The number of rotatable bonds is 5. The molecule has 1 aliphatic carbocycles.